The Morgan fingerprint density at radius 3 is 2.72 bits per heavy atom. The molecule has 1 heterocycles. The fraction of sp³-hybridized carbons (Fsp3) is 0. The monoisotopic (exact) mass is 286 g/mol. The first kappa shape index (κ1) is 12.7. The lowest BCUT2D eigenvalue weighted by Gasteiger charge is -2.05. The Labute approximate surface area is 108 Å². The summed E-state index contributed by atoms with van der Waals surface area (Å²) in [6, 6.07) is 5.56. The number of nitrogens with zero attached hydrogens (tertiary/aromatic N) is 3. The Hall–Kier alpha value is -1.77. The molecule has 2 N–H and O–H groups in total. The lowest BCUT2D eigenvalue weighted by atomic mass is 10.3. The van der Waals surface area contributed by atoms with Gasteiger partial charge in [0, 0.05) is 5.69 Å². The van der Waals surface area contributed by atoms with Gasteiger partial charge >= 0.3 is 0 Å². The predicted octanol–water partition coefficient (Wildman–Crippen LogP) is 1.52. The van der Waals surface area contributed by atoms with E-state index in [0.29, 0.717) is 5.69 Å². The Morgan fingerprint density at radius 1 is 1.28 bits per heavy atom. The molecule has 18 heavy (non-hydrogen) atoms. The number of halogens is 1. The third kappa shape index (κ3) is 3.13. The minimum atomic E-state index is -4.24. The van der Waals surface area contributed by atoms with Gasteiger partial charge in [0.25, 0.3) is 10.1 Å². The van der Waals surface area contributed by atoms with Crippen LogP contribution in [-0.2, 0) is 10.1 Å². The van der Waals surface area contributed by atoms with Crippen molar-refractivity contribution in [2.45, 2.75) is 4.90 Å². The summed E-state index contributed by atoms with van der Waals surface area (Å²) < 4.78 is 30.8. The lowest BCUT2D eigenvalue weighted by Crippen LogP contribution is -2.01. The molecule has 9 heteroatoms. The van der Waals surface area contributed by atoms with Crippen molar-refractivity contribution in [3.8, 4) is 0 Å². The number of hydrogen-bond donors (Lipinski definition) is 2. The van der Waals surface area contributed by atoms with Crippen LogP contribution in [-0.4, -0.2) is 27.9 Å². The standard InChI is InChI=1S/C9H7ClN4O3S/c10-8-11-5-12-9(14-8)13-6-2-1-3-7(4-6)18(15,16)17/h1-5H,(H,15,16,17)(H,11,12,13,14). The molecule has 2 rings (SSSR count). The summed E-state index contributed by atoms with van der Waals surface area (Å²) in [6.45, 7) is 0. The quantitative estimate of drug-likeness (QED) is 0.824. The van der Waals surface area contributed by atoms with Crippen LogP contribution in [0.15, 0.2) is 35.5 Å². The predicted molar refractivity (Wildman–Crippen MR) is 64.4 cm³/mol. The second kappa shape index (κ2) is 4.84. The first-order chi connectivity index (χ1) is 8.45. The van der Waals surface area contributed by atoms with E-state index in [9.17, 15) is 8.42 Å². The molecule has 0 unspecified atom stereocenters. The molecule has 0 fully saturated rings. The van der Waals surface area contributed by atoms with Crippen LogP contribution >= 0.6 is 11.6 Å². The van der Waals surface area contributed by atoms with Gasteiger partial charge < -0.3 is 5.32 Å². The van der Waals surface area contributed by atoms with Crippen molar-refractivity contribution in [1.82, 2.24) is 15.0 Å². The van der Waals surface area contributed by atoms with Crippen molar-refractivity contribution < 1.29 is 13.0 Å². The van der Waals surface area contributed by atoms with Gasteiger partial charge in [0.2, 0.25) is 11.2 Å². The number of aromatic nitrogens is 3. The summed E-state index contributed by atoms with van der Waals surface area (Å²) in [4.78, 5) is 11.0. The molecule has 0 spiro atoms. The number of hydrogen-bond acceptors (Lipinski definition) is 6. The molecule has 0 amide bonds. The van der Waals surface area contributed by atoms with Crippen molar-refractivity contribution in [2.24, 2.45) is 0 Å². The molecular weight excluding hydrogens is 280 g/mol. The number of benzene rings is 1. The van der Waals surface area contributed by atoms with Gasteiger partial charge in [0.05, 0.1) is 4.90 Å². The highest BCUT2D eigenvalue weighted by Crippen LogP contribution is 2.17. The number of nitrogens with one attached hydrogen (secondary N) is 1. The van der Waals surface area contributed by atoms with Crippen LogP contribution in [0.4, 0.5) is 11.6 Å². The first-order valence-corrected chi connectivity index (χ1v) is 6.46. The van der Waals surface area contributed by atoms with Gasteiger partial charge in [-0.2, -0.15) is 13.4 Å². The maximum absolute atomic E-state index is 11.0. The summed E-state index contributed by atoms with van der Waals surface area (Å²) in [6.07, 6.45) is 1.21. The highest BCUT2D eigenvalue weighted by molar-refractivity contribution is 7.85. The second-order valence-corrected chi connectivity index (χ2v) is 4.97. The van der Waals surface area contributed by atoms with Crippen LogP contribution in [0.3, 0.4) is 0 Å². The molecule has 1 aromatic carbocycles. The van der Waals surface area contributed by atoms with E-state index in [1.807, 2.05) is 0 Å². The highest BCUT2D eigenvalue weighted by Gasteiger charge is 2.10. The summed E-state index contributed by atoms with van der Waals surface area (Å²) in [5.41, 5.74) is 0.396. The molecular formula is C9H7ClN4O3S. The number of anilines is 2. The molecule has 0 radical (unpaired) electrons. The van der Waals surface area contributed by atoms with E-state index in [1.165, 1.54) is 24.5 Å². The van der Waals surface area contributed by atoms with Crippen LogP contribution in [0.5, 0.6) is 0 Å². The van der Waals surface area contributed by atoms with Gasteiger partial charge in [-0.15, -0.1) is 0 Å². The maximum atomic E-state index is 11.0. The first-order valence-electron chi connectivity index (χ1n) is 4.64. The smallest absolute Gasteiger partial charge is 0.294 e. The summed E-state index contributed by atoms with van der Waals surface area (Å²) in [5, 5.41) is 2.75. The summed E-state index contributed by atoms with van der Waals surface area (Å²) >= 11 is 5.58. The van der Waals surface area contributed by atoms with Crippen molar-refractivity contribution in [2.75, 3.05) is 5.32 Å². The van der Waals surface area contributed by atoms with Crippen molar-refractivity contribution >= 4 is 33.4 Å². The average molecular weight is 287 g/mol. The molecule has 94 valence electrons. The SMILES string of the molecule is O=S(=O)(O)c1cccc(Nc2ncnc(Cl)n2)c1. The fourth-order valence-corrected chi connectivity index (χ4v) is 1.85. The minimum absolute atomic E-state index is 0.0124. The van der Waals surface area contributed by atoms with E-state index in [4.69, 9.17) is 16.2 Å². The summed E-state index contributed by atoms with van der Waals surface area (Å²) in [5.74, 6) is 0.169. The highest BCUT2D eigenvalue weighted by atomic mass is 35.5. The topological polar surface area (TPSA) is 105 Å². The van der Waals surface area contributed by atoms with Gasteiger partial charge in [0.1, 0.15) is 6.33 Å². The maximum Gasteiger partial charge on any atom is 0.294 e. The van der Waals surface area contributed by atoms with E-state index in [2.05, 4.69) is 20.3 Å². The molecule has 0 saturated carbocycles. The van der Waals surface area contributed by atoms with E-state index in [-0.39, 0.29) is 16.1 Å². The summed E-state index contributed by atoms with van der Waals surface area (Å²) in [7, 11) is -4.24. The zero-order chi connectivity index (χ0) is 13.2. The van der Waals surface area contributed by atoms with Gasteiger partial charge in [-0.3, -0.25) is 4.55 Å². The molecule has 2 aromatic rings. The third-order valence-corrected chi connectivity index (χ3v) is 2.96. The van der Waals surface area contributed by atoms with Gasteiger partial charge in [-0.05, 0) is 29.8 Å². The second-order valence-electron chi connectivity index (χ2n) is 3.21. The van der Waals surface area contributed by atoms with Crippen molar-refractivity contribution in [1.29, 1.82) is 0 Å². The fourth-order valence-electron chi connectivity index (χ4n) is 1.20. The van der Waals surface area contributed by atoms with Crippen LogP contribution in [0.25, 0.3) is 0 Å². The Morgan fingerprint density at radius 2 is 2.06 bits per heavy atom. The van der Waals surface area contributed by atoms with Gasteiger partial charge in [0.15, 0.2) is 0 Å². The van der Waals surface area contributed by atoms with Crippen LogP contribution < -0.4 is 5.32 Å². The van der Waals surface area contributed by atoms with E-state index in [0.717, 1.165) is 0 Å². The molecule has 0 aliphatic rings. The molecule has 0 saturated heterocycles. The molecule has 0 aliphatic carbocycles. The van der Waals surface area contributed by atoms with Crippen molar-refractivity contribution in [3.63, 3.8) is 0 Å². The van der Waals surface area contributed by atoms with E-state index < -0.39 is 10.1 Å². The third-order valence-electron chi connectivity index (χ3n) is 1.93. The van der Waals surface area contributed by atoms with E-state index in [1.54, 1.807) is 6.07 Å². The molecule has 0 bridgehead atoms. The van der Waals surface area contributed by atoms with Crippen molar-refractivity contribution in [3.05, 3.63) is 35.9 Å². The Bertz CT molecular complexity index is 677. The van der Waals surface area contributed by atoms with Gasteiger partial charge in [-0.1, -0.05) is 6.07 Å². The zero-order valence-corrected chi connectivity index (χ0v) is 10.4. The Kier molecular flexibility index (Phi) is 3.41. The van der Waals surface area contributed by atoms with E-state index >= 15 is 0 Å². The molecule has 1 aromatic heterocycles. The minimum Gasteiger partial charge on any atom is -0.324 e. The molecule has 0 atom stereocenters. The zero-order valence-electron chi connectivity index (χ0n) is 8.78. The number of rotatable bonds is 3. The molecule has 0 aliphatic heterocycles. The van der Waals surface area contributed by atoms with Crippen LogP contribution in [0.2, 0.25) is 5.28 Å². The molecule has 7 nitrogen and oxygen atoms in total. The normalized spacial score (nSPS) is 11.2. The van der Waals surface area contributed by atoms with Gasteiger partial charge in [-0.25, -0.2) is 9.97 Å². The van der Waals surface area contributed by atoms with Crippen LogP contribution in [0, 0.1) is 0 Å². The average Bonchev–Trinajstić information content (AvgIpc) is 2.28. The Balaban J connectivity index is 2.30. The largest absolute Gasteiger partial charge is 0.324 e. The van der Waals surface area contributed by atoms with Crippen LogP contribution in [0.1, 0.15) is 0 Å². The lowest BCUT2D eigenvalue weighted by molar-refractivity contribution is 0.483.